The van der Waals surface area contributed by atoms with Crippen molar-refractivity contribution in [1.82, 2.24) is 15.1 Å². The van der Waals surface area contributed by atoms with Crippen molar-refractivity contribution in [3.63, 3.8) is 0 Å². The van der Waals surface area contributed by atoms with Crippen LogP contribution in [0.1, 0.15) is 30.5 Å². The minimum Gasteiger partial charge on any atom is -0.372 e. The smallest absolute Gasteiger partial charge is 0.269 e. The predicted octanol–water partition coefficient (Wildman–Crippen LogP) is 3.42. The summed E-state index contributed by atoms with van der Waals surface area (Å²) in [6.45, 7) is 5.11. The molecule has 2 aromatic heterocycles. The molecule has 0 fully saturated rings. The first kappa shape index (κ1) is 15.8. The SMILES string of the molecule is CCOC(C)c1ncc(-c2nc(-c3ccc(CN)cc3)no2)s1. The summed E-state index contributed by atoms with van der Waals surface area (Å²) in [5.41, 5.74) is 7.56. The molecule has 6 nitrogen and oxygen atoms in total. The number of thiazole rings is 1. The Balaban J connectivity index is 1.81. The zero-order valence-corrected chi connectivity index (χ0v) is 13.8. The van der Waals surface area contributed by atoms with Crippen molar-refractivity contribution in [2.24, 2.45) is 5.73 Å². The Kier molecular flexibility index (Phi) is 4.80. The second-order valence-corrected chi connectivity index (χ2v) is 6.05. The number of nitrogens with zero attached hydrogens (tertiary/aromatic N) is 3. The number of aromatic nitrogens is 3. The molecule has 1 aromatic carbocycles. The third-order valence-electron chi connectivity index (χ3n) is 3.37. The zero-order valence-electron chi connectivity index (χ0n) is 13.0. The Morgan fingerprint density at radius 3 is 2.78 bits per heavy atom. The van der Waals surface area contributed by atoms with E-state index in [4.69, 9.17) is 15.0 Å². The molecule has 0 amide bonds. The molecule has 3 aromatic rings. The topological polar surface area (TPSA) is 87.1 Å². The predicted molar refractivity (Wildman–Crippen MR) is 88.8 cm³/mol. The van der Waals surface area contributed by atoms with Gasteiger partial charge in [-0.05, 0) is 19.4 Å². The van der Waals surface area contributed by atoms with Gasteiger partial charge in [0.15, 0.2) is 0 Å². The van der Waals surface area contributed by atoms with Crippen molar-refractivity contribution in [2.75, 3.05) is 6.61 Å². The highest BCUT2D eigenvalue weighted by atomic mass is 32.1. The molecule has 1 atom stereocenters. The van der Waals surface area contributed by atoms with Crippen LogP contribution in [0.15, 0.2) is 35.0 Å². The first-order valence-electron chi connectivity index (χ1n) is 7.42. The molecule has 2 N–H and O–H groups in total. The summed E-state index contributed by atoms with van der Waals surface area (Å²) in [5.74, 6) is 1.02. The van der Waals surface area contributed by atoms with Crippen LogP contribution in [0.3, 0.4) is 0 Å². The van der Waals surface area contributed by atoms with Gasteiger partial charge in [-0.1, -0.05) is 29.4 Å². The van der Waals surface area contributed by atoms with E-state index in [9.17, 15) is 0 Å². The Morgan fingerprint density at radius 1 is 1.30 bits per heavy atom. The fraction of sp³-hybridized carbons (Fsp3) is 0.312. The van der Waals surface area contributed by atoms with Crippen molar-refractivity contribution in [2.45, 2.75) is 26.5 Å². The lowest BCUT2D eigenvalue weighted by molar-refractivity contribution is 0.0762. The van der Waals surface area contributed by atoms with Crippen LogP contribution < -0.4 is 5.73 Å². The molecule has 0 saturated carbocycles. The highest BCUT2D eigenvalue weighted by Gasteiger charge is 2.16. The van der Waals surface area contributed by atoms with Crippen LogP contribution in [0.4, 0.5) is 0 Å². The van der Waals surface area contributed by atoms with Gasteiger partial charge >= 0.3 is 0 Å². The normalized spacial score (nSPS) is 12.5. The summed E-state index contributed by atoms with van der Waals surface area (Å²) in [6.07, 6.45) is 1.70. The molecule has 3 rings (SSSR count). The van der Waals surface area contributed by atoms with Crippen LogP contribution in [0.2, 0.25) is 0 Å². The Hall–Kier alpha value is -2.09. The number of rotatable bonds is 6. The second kappa shape index (κ2) is 6.99. The summed E-state index contributed by atoms with van der Waals surface area (Å²) in [4.78, 5) is 9.65. The molecule has 0 aliphatic carbocycles. The van der Waals surface area contributed by atoms with Gasteiger partial charge in [-0.25, -0.2) is 4.98 Å². The van der Waals surface area contributed by atoms with E-state index in [2.05, 4.69) is 15.1 Å². The first-order valence-corrected chi connectivity index (χ1v) is 8.23. The molecule has 0 saturated heterocycles. The van der Waals surface area contributed by atoms with E-state index in [1.54, 1.807) is 6.20 Å². The van der Waals surface area contributed by atoms with Crippen LogP contribution >= 0.6 is 11.3 Å². The van der Waals surface area contributed by atoms with E-state index in [0.29, 0.717) is 24.9 Å². The Labute approximate surface area is 138 Å². The van der Waals surface area contributed by atoms with E-state index in [1.807, 2.05) is 38.1 Å². The molecule has 0 aliphatic rings. The summed E-state index contributed by atoms with van der Waals surface area (Å²) < 4.78 is 10.9. The third kappa shape index (κ3) is 3.47. The molecule has 0 radical (unpaired) electrons. The van der Waals surface area contributed by atoms with Crippen LogP contribution in [-0.2, 0) is 11.3 Å². The number of benzene rings is 1. The van der Waals surface area contributed by atoms with Crippen molar-refractivity contribution in [1.29, 1.82) is 0 Å². The van der Waals surface area contributed by atoms with Crippen LogP contribution in [0, 0.1) is 0 Å². The van der Waals surface area contributed by atoms with Crippen LogP contribution in [0.5, 0.6) is 0 Å². The second-order valence-electron chi connectivity index (χ2n) is 4.98. The summed E-state index contributed by atoms with van der Waals surface area (Å²) in [6, 6.07) is 7.79. The zero-order chi connectivity index (χ0) is 16.2. The van der Waals surface area contributed by atoms with Gasteiger partial charge in [-0.3, -0.25) is 0 Å². The monoisotopic (exact) mass is 330 g/mol. The molecule has 7 heteroatoms. The molecule has 2 heterocycles. The van der Waals surface area contributed by atoms with Crippen molar-refractivity contribution in [3.8, 4) is 22.2 Å². The van der Waals surface area contributed by atoms with Gasteiger partial charge in [0.25, 0.3) is 5.89 Å². The van der Waals surface area contributed by atoms with Gasteiger partial charge in [0.2, 0.25) is 5.82 Å². The maximum absolute atomic E-state index is 5.60. The molecule has 0 aliphatic heterocycles. The molecular weight excluding hydrogens is 312 g/mol. The van der Waals surface area contributed by atoms with Crippen molar-refractivity contribution in [3.05, 3.63) is 41.0 Å². The van der Waals surface area contributed by atoms with Gasteiger partial charge < -0.3 is 15.0 Å². The Bertz CT molecular complexity index is 766. The summed E-state index contributed by atoms with van der Waals surface area (Å²) >= 11 is 1.50. The van der Waals surface area contributed by atoms with E-state index in [-0.39, 0.29) is 6.10 Å². The highest BCUT2D eigenvalue weighted by Crippen LogP contribution is 2.30. The van der Waals surface area contributed by atoms with E-state index in [1.165, 1.54) is 11.3 Å². The number of hydrogen-bond donors (Lipinski definition) is 1. The van der Waals surface area contributed by atoms with Gasteiger partial charge in [0, 0.05) is 18.7 Å². The van der Waals surface area contributed by atoms with Crippen LogP contribution in [0.25, 0.3) is 22.2 Å². The molecule has 23 heavy (non-hydrogen) atoms. The van der Waals surface area contributed by atoms with E-state index < -0.39 is 0 Å². The molecule has 1 unspecified atom stereocenters. The van der Waals surface area contributed by atoms with Crippen molar-refractivity contribution >= 4 is 11.3 Å². The lowest BCUT2D eigenvalue weighted by Crippen LogP contribution is -1.97. The largest absolute Gasteiger partial charge is 0.372 e. The van der Waals surface area contributed by atoms with Gasteiger partial charge in [0.1, 0.15) is 16.0 Å². The van der Waals surface area contributed by atoms with E-state index >= 15 is 0 Å². The maximum Gasteiger partial charge on any atom is 0.269 e. The molecular formula is C16H18N4O2S. The standard InChI is InChI=1S/C16H18N4O2S/c1-3-21-10(2)16-18-9-13(23-16)15-19-14(20-22-15)12-6-4-11(8-17)5-7-12/h4-7,9-10H,3,8,17H2,1-2H3. The average Bonchev–Trinajstić information content (AvgIpc) is 3.24. The summed E-state index contributed by atoms with van der Waals surface area (Å²) in [7, 11) is 0. The van der Waals surface area contributed by atoms with Gasteiger partial charge in [0.05, 0.1) is 6.20 Å². The Morgan fingerprint density at radius 2 is 2.09 bits per heavy atom. The lowest BCUT2D eigenvalue weighted by Gasteiger charge is -2.06. The fourth-order valence-electron chi connectivity index (χ4n) is 2.13. The minimum atomic E-state index is -0.0371. The quantitative estimate of drug-likeness (QED) is 0.745. The van der Waals surface area contributed by atoms with E-state index in [0.717, 1.165) is 21.0 Å². The van der Waals surface area contributed by atoms with Gasteiger partial charge in [-0.15, -0.1) is 11.3 Å². The molecule has 0 bridgehead atoms. The van der Waals surface area contributed by atoms with Crippen molar-refractivity contribution < 1.29 is 9.26 Å². The highest BCUT2D eigenvalue weighted by molar-refractivity contribution is 7.15. The molecule has 0 spiro atoms. The minimum absolute atomic E-state index is 0.0371. The first-order chi connectivity index (χ1) is 11.2. The maximum atomic E-state index is 5.60. The number of ether oxygens (including phenoxy) is 1. The lowest BCUT2D eigenvalue weighted by atomic mass is 10.1. The molecule has 120 valence electrons. The fourth-order valence-corrected chi connectivity index (χ4v) is 2.97. The average molecular weight is 330 g/mol. The summed E-state index contributed by atoms with van der Waals surface area (Å²) in [5, 5.41) is 4.94. The third-order valence-corrected chi connectivity index (χ3v) is 4.52. The van der Waals surface area contributed by atoms with Crippen LogP contribution in [-0.4, -0.2) is 21.7 Å². The number of nitrogens with two attached hydrogens (primary N) is 1. The number of hydrogen-bond acceptors (Lipinski definition) is 7. The van der Waals surface area contributed by atoms with Gasteiger partial charge in [-0.2, -0.15) is 4.98 Å².